The number of amides is 1. The second-order valence-corrected chi connectivity index (χ2v) is 5.11. The van der Waals surface area contributed by atoms with Crippen molar-refractivity contribution in [3.8, 4) is 11.3 Å². The van der Waals surface area contributed by atoms with Gasteiger partial charge in [0.1, 0.15) is 0 Å². The number of carbonyl (C=O) groups excluding carboxylic acids is 1. The van der Waals surface area contributed by atoms with Crippen molar-refractivity contribution in [2.45, 2.75) is 6.92 Å². The SMILES string of the molecule is CC(=O)Nc1cccc2c(C(=O)O)cc(-c3ccccc3)nc12. The molecule has 0 saturated carbocycles. The minimum Gasteiger partial charge on any atom is -0.478 e. The van der Waals surface area contributed by atoms with Crippen LogP contribution >= 0.6 is 0 Å². The topological polar surface area (TPSA) is 79.3 Å². The van der Waals surface area contributed by atoms with Crippen molar-refractivity contribution < 1.29 is 14.7 Å². The number of hydrogen-bond acceptors (Lipinski definition) is 3. The normalized spacial score (nSPS) is 10.5. The lowest BCUT2D eigenvalue weighted by Gasteiger charge is -2.11. The summed E-state index contributed by atoms with van der Waals surface area (Å²) in [5, 5.41) is 12.7. The highest BCUT2D eigenvalue weighted by Gasteiger charge is 2.15. The van der Waals surface area contributed by atoms with E-state index >= 15 is 0 Å². The third-order valence-electron chi connectivity index (χ3n) is 3.45. The first-order chi connectivity index (χ1) is 11.1. The average Bonchev–Trinajstić information content (AvgIpc) is 2.54. The smallest absolute Gasteiger partial charge is 0.336 e. The van der Waals surface area contributed by atoms with Gasteiger partial charge in [0.15, 0.2) is 0 Å². The quantitative estimate of drug-likeness (QED) is 0.775. The van der Waals surface area contributed by atoms with E-state index in [4.69, 9.17) is 0 Å². The summed E-state index contributed by atoms with van der Waals surface area (Å²) >= 11 is 0. The molecule has 5 heteroatoms. The number of carbonyl (C=O) groups is 2. The van der Waals surface area contributed by atoms with E-state index in [9.17, 15) is 14.7 Å². The van der Waals surface area contributed by atoms with Gasteiger partial charge in [-0.05, 0) is 12.1 Å². The minimum absolute atomic E-state index is 0.154. The number of fused-ring (bicyclic) bond motifs is 1. The summed E-state index contributed by atoms with van der Waals surface area (Å²) < 4.78 is 0. The van der Waals surface area contributed by atoms with E-state index in [1.165, 1.54) is 6.92 Å². The van der Waals surface area contributed by atoms with Gasteiger partial charge in [0, 0.05) is 17.9 Å². The number of nitrogens with zero attached hydrogens (tertiary/aromatic N) is 1. The van der Waals surface area contributed by atoms with Crippen LogP contribution in [0.5, 0.6) is 0 Å². The second kappa shape index (κ2) is 5.88. The minimum atomic E-state index is -1.03. The zero-order valence-electron chi connectivity index (χ0n) is 12.4. The standard InChI is InChI=1S/C18H14N2O3/c1-11(21)19-15-9-5-8-13-14(18(22)23)10-16(20-17(13)15)12-6-3-2-4-7-12/h2-10H,1H3,(H,19,21)(H,22,23). The number of aromatic carboxylic acids is 1. The molecule has 23 heavy (non-hydrogen) atoms. The molecule has 2 N–H and O–H groups in total. The predicted molar refractivity (Wildman–Crippen MR) is 88.4 cm³/mol. The maximum Gasteiger partial charge on any atom is 0.336 e. The zero-order chi connectivity index (χ0) is 16.4. The summed E-state index contributed by atoms with van der Waals surface area (Å²) in [5.41, 5.74) is 2.47. The molecular weight excluding hydrogens is 292 g/mol. The monoisotopic (exact) mass is 306 g/mol. The summed E-state index contributed by atoms with van der Waals surface area (Å²) in [6.45, 7) is 1.40. The van der Waals surface area contributed by atoms with E-state index in [-0.39, 0.29) is 11.5 Å². The number of nitrogens with one attached hydrogen (secondary N) is 1. The highest BCUT2D eigenvalue weighted by molar-refractivity contribution is 6.08. The van der Waals surface area contributed by atoms with Crippen molar-refractivity contribution in [3.05, 3.63) is 60.2 Å². The lowest BCUT2D eigenvalue weighted by atomic mass is 10.0. The Morgan fingerprint density at radius 3 is 2.43 bits per heavy atom. The zero-order valence-corrected chi connectivity index (χ0v) is 12.4. The summed E-state index contributed by atoms with van der Waals surface area (Å²) in [4.78, 5) is 27.6. The largest absolute Gasteiger partial charge is 0.478 e. The van der Waals surface area contributed by atoms with Crippen molar-refractivity contribution in [2.75, 3.05) is 5.32 Å². The van der Waals surface area contributed by atoms with E-state index in [0.29, 0.717) is 22.3 Å². The number of anilines is 1. The van der Waals surface area contributed by atoms with Gasteiger partial charge in [-0.2, -0.15) is 0 Å². The molecule has 1 amide bonds. The molecule has 0 aliphatic heterocycles. The lowest BCUT2D eigenvalue weighted by molar-refractivity contribution is -0.114. The van der Waals surface area contributed by atoms with Crippen LogP contribution in [-0.4, -0.2) is 22.0 Å². The average molecular weight is 306 g/mol. The third-order valence-corrected chi connectivity index (χ3v) is 3.45. The molecule has 0 aliphatic carbocycles. The van der Waals surface area contributed by atoms with E-state index in [1.807, 2.05) is 30.3 Å². The molecule has 3 rings (SSSR count). The van der Waals surface area contributed by atoms with Crippen LogP contribution in [0.25, 0.3) is 22.2 Å². The van der Waals surface area contributed by atoms with Crippen molar-refractivity contribution in [1.82, 2.24) is 4.98 Å². The Kier molecular flexibility index (Phi) is 3.76. The molecule has 2 aromatic carbocycles. The molecular formula is C18H14N2O3. The Morgan fingerprint density at radius 2 is 1.78 bits per heavy atom. The number of para-hydroxylation sites is 1. The molecule has 3 aromatic rings. The van der Waals surface area contributed by atoms with Crippen molar-refractivity contribution in [3.63, 3.8) is 0 Å². The Labute approximate surface area is 132 Å². The number of hydrogen-bond donors (Lipinski definition) is 2. The van der Waals surface area contributed by atoms with Crippen LogP contribution in [0.1, 0.15) is 17.3 Å². The Hall–Kier alpha value is -3.21. The van der Waals surface area contributed by atoms with Gasteiger partial charge in [0.05, 0.1) is 22.5 Å². The molecule has 0 unspecified atom stereocenters. The van der Waals surface area contributed by atoms with E-state index < -0.39 is 5.97 Å². The van der Waals surface area contributed by atoms with Gasteiger partial charge in [0.2, 0.25) is 5.91 Å². The van der Waals surface area contributed by atoms with Crippen LogP contribution in [0.2, 0.25) is 0 Å². The number of benzene rings is 2. The lowest BCUT2D eigenvalue weighted by Crippen LogP contribution is -2.08. The maximum atomic E-state index is 11.6. The fraction of sp³-hybridized carbons (Fsp3) is 0.0556. The first kappa shape index (κ1) is 14.7. The Morgan fingerprint density at radius 1 is 1.04 bits per heavy atom. The second-order valence-electron chi connectivity index (χ2n) is 5.11. The molecule has 0 spiro atoms. The van der Waals surface area contributed by atoms with Crippen molar-refractivity contribution in [1.29, 1.82) is 0 Å². The van der Waals surface area contributed by atoms with Crippen LogP contribution in [0.15, 0.2) is 54.6 Å². The Balaban J connectivity index is 2.32. The fourth-order valence-electron chi connectivity index (χ4n) is 2.47. The molecule has 0 fully saturated rings. The van der Waals surface area contributed by atoms with Crippen molar-refractivity contribution in [2.24, 2.45) is 0 Å². The number of aromatic nitrogens is 1. The van der Waals surface area contributed by atoms with Gasteiger partial charge in [-0.3, -0.25) is 4.79 Å². The highest BCUT2D eigenvalue weighted by atomic mass is 16.4. The molecule has 5 nitrogen and oxygen atoms in total. The Bertz CT molecular complexity index is 905. The molecule has 0 saturated heterocycles. The fourth-order valence-corrected chi connectivity index (χ4v) is 2.47. The summed E-state index contributed by atoms with van der Waals surface area (Å²) in [6.07, 6.45) is 0. The van der Waals surface area contributed by atoms with Gasteiger partial charge in [-0.15, -0.1) is 0 Å². The molecule has 0 aliphatic rings. The number of rotatable bonds is 3. The highest BCUT2D eigenvalue weighted by Crippen LogP contribution is 2.29. The third kappa shape index (κ3) is 2.89. The molecule has 0 bridgehead atoms. The van der Waals surface area contributed by atoms with Gasteiger partial charge < -0.3 is 10.4 Å². The molecule has 0 radical (unpaired) electrons. The van der Waals surface area contributed by atoms with Crippen LogP contribution in [0, 0.1) is 0 Å². The van der Waals surface area contributed by atoms with Gasteiger partial charge in [-0.25, -0.2) is 9.78 Å². The molecule has 1 aromatic heterocycles. The first-order valence-electron chi connectivity index (χ1n) is 7.06. The molecule has 114 valence electrons. The number of carboxylic acids is 1. The van der Waals surface area contributed by atoms with Gasteiger partial charge in [-0.1, -0.05) is 42.5 Å². The summed E-state index contributed by atoms with van der Waals surface area (Å²) in [6, 6.07) is 16.0. The van der Waals surface area contributed by atoms with Crippen LogP contribution in [0.4, 0.5) is 5.69 Å². The molecule has 1 heterocycles. The van der Waals surface area contributed by atoms with Gasteiger partial charge >= 0.3 is 5.97 Å². The van der Waals surface area contributed by atoms with E-state index in [2.05, 4.69) is 10.3 Å². The maximum absolute atomic E-state index is 11.6. The van der Waals surface area contributed by atoms with Crippen LogP contribution < -0.4 is 5.32 Å². The van der Waals surface area contributed by atoms with Crippen LogP contribution in [-0.2, 0) is 4.79 Å². The number of carboxylic acid groups (broad SMARTS) is 1. The predicted octanol–water partition coefficient (Wildman–Crippen LogP) is 3.56. The van der Waals surface area contributed by atoms with Crippen molar-refractivity contribution >= 4 is 28.5 Å². The van der Waals surface area contributed by atoms with E-state index in [0.717, 1.165) is 5.56 Å². The number of pyridine rings is 1. The summed E-state index contributed by atoms with van der Waals surface area (Å²) in [5.74, 6) is -1.27. The first-order valence-corrected chi connectivity index (χ1v) is 7.06. The van der Waals surface area contributed by atoms with E-state index in [1.54, 1.807) is 24.3 Å². The van der Waals surface area contributed by atoms with Gasteiger partial charge in [0.25, 0.3) is 0 Å². The van der Waals surface area contributed by atoms with Crippen LogP contribution in [0.3, 0.4) is 0 Å². The summed E-state index contributed by atoms with van der Waals surface area (Å²) in [7, 11) is 0. The molecule has 0 atom stereocenters.